The maximum atomic E-state index is 11.8. The van der Waals surface area contributed by atoms with Crippen molar-refractivity contribution in [3.8, 4) is 11.5 Å². The van der Waals surface area contributed by atoms with Crippen LogP contribution >= 0.6 is 47.8 Å². The number of hydrogen-bond acceptors (Lipinski definition) is 4. The van der Waals surface area contributed by atoms with Gasteiger partial charge in [0.05, 0.1) is 21.6 Å². The third-order valence-electron chi connectivity index (χ3n) is 2.84. The van der Waals surface area contributed by atoms with Crippen LogP contribution in [0.1, 0.15) is 11.1 Å². The summed E-state index contributed by atoms with van der Waals surface area (Å²) in [5.41, 5.74) is 3.67. The van der Waals surface area contributed by atoms with E-state index in [4.69, 9.17) is 0 Å². The van der Waals surface area contributed by atoms with Crippen molar-refractivity contribution in [2.75, 3.05) is 0 Å². The Morgan fingerprint density at radius 3 is 2.61 bits per heavy atom. The zero-order chi connectivity index (χ0) is 17.0. The normalized spacial score (nSPS) is 10.9. The zero-order valence-corrected chi connectivity index (χ0v) is 16.3. The first-order chi connectivity index (χ1) is 10.9. The number of carbonyl (C=O) groups excluding carboxylic acids is 1. The molecule has 3 N–H and O–H groups in total. The first kappa shape index (κ1) is 18.0. The molecule has 0 bridgehead atoms. The lowest BCUT2D eigenvalue weighted by Crippen LogP contribution is -2.19. The van der Waals surface area contributed by atoms with Crippen LogP contribution in [0.4, 0.5) is 0 Å². The number of carbonyl (C=O) groups is 1. The average Bonchev–Trinajstić information content (AvgIpc) is 2.48. The van der Waals surface area contributed by atoms with Gasteiger partial charge in [-0.05, 0) is 55.6 Å². The number of phenolic OH excluding ortho intramolecular Hbond substituents is 2. The summed E-state index contributed by atoms with van der Waals surface area (Å²) < 4.78 is 1.67. The Labute approximate surface area is 157 Å². The van der Waals surface area contributed by atoms with Crippen molar-refractivity contribution in [3.05, 3.63) is 54.9 Å². The third-order valence-corrected chi connectivity index (χ3v) is 4.90. The van der Waals surface area contributed by atoms with E-state index in [0.29, 0.717) is 24.5 Å². The van der Waals surface area contributed by atoms with Crippen LogP contribution in [0.5, 0.6) is 11.5 Å². The first-order valence-corrected chi connectivity index (χ1v) is 8.72. The Hall–Kier alpha value is -1.38. The largest absolute Gasteiger partial charge is 0.508 e. The molecule has 2 rings (SSSR count). The highest BCUT2D eigenvalue weighted by Crippen LogP contribution is 2.38. The van der Waals surface area contributed by atoms with Crippen LogP contribution < -0.4 is 5.43 Å². The van der Waals surface area contributed by atoms with E-state index in [1.165, 1.54) is 18.3 Å². The average molecular weight is 507 g/mol. The monoisotopic (exact) mass is 504 g/mol. The molecule has 0 saturated carbocycles. The van der Waals surface area contributed by atoms with Crippen molar-refractivity contribution in [2.45, 2.75) is 6.42 Å². The lowest BCUT2D eigenvalue weighted by atomic mass is 10.1. The van der Waals surface area contributed by atoms with E-state index in [0.717, 1.165) is 0 Å². The summed E-state index contributed by atoms with van der Waals surface area (Å²) in [6.45, 7) is 0. The van der Waals surface area contributed by atoms with E-state index in [2.05, 4.69) is 58.3 Å². The molecule has 0 spiro atoms. The highest BCUT2D eigenvalue weighted by molar-refractivity contribution is 9.11. The molecular formula is C15H11Br3N2O3. The molecule has 0 aromatic heterocycles. The fourth-order valence-corrected chi connectivity index (χ4v) is 4.10. The first-order valence-electron chi connectivity index (χ1n) is 6.34. The summed E-state index contributed by atoms with van der Waals surface area (Å²) >= 11 is 9.85. The quantitative estimate of drug-likeness (QED) is 0.432. The van der Waals surface area contributed by atoms with E-state index in [1.54, 1.807) is 18.2 Å². The van der Waals surface area contributed by atoms with Gasteiger partial charge in [-0.15, -0.1) is 0 Å². The van der Waals surface area contributed by atoms with Crippen LogP contribution in [0.3, 0.4) is 0 Å². The van der Waals surface area contributed by atoms with E-state index in [1.807, 2.05) is 0 Å². The van der Waals surface area contributed by atoms with Gasteiger partial charge < -0.3 is 10.2 Å². The molecule has 5 nitrogen and oxygen atoms in total. The minimum absolute atomic E-state index is 0.0423. The number of phenols is 2. The smallest absolute Gasteiger partial charge is 0.244 e. The molecule has 0 heterocycles. The van der Waals surface area contributed by atoms with E-state index in [9.17, 15) is 15.0 Å². The number of rotatable bonds is 4. The summed E-state index contributed by atoms with van der Waals surface area (Å²) in [6.07, 6.45) is 1.51. The van der Waals surface area contributed by atoms with Gasteiger partial charge in [0.2, 0.25) is 5.91 Å². The highest BCUT2D eigenvalue weighted by Gasteiger charge is 2.12. The Bertz CT molecular complexity index is 779. The van der Waals surface area contributed by atoms with Crippen molar-refractivity contribution in [3.63, 3.8) is 0 Å². The number of nitrogens with one attached hydrogen (secondary N) is 1. The lowest BCUT2D eigenvalue weighted by Gasteiger charge is -2.07. The number of hydrogen-bond donors (Lipinski definition) is 3. The van der Waals surface area contributed by atoms with Crippen LogP contribution in [0.15, 0.2) is 48.9 Å². The second-order valence-corrected chi connectivity index (χ2v) is 7.06. The molecule has 1 amide bonds. The number of aromatic hydroxyl groups is 2. The molecule has 0 aliphatic rings. The predicted molar refractivity (Wildman–Crippen MR) is 98.8 cm³/mol. The number of hydrazone groups is 1. The minimum Gasteiger partial charge on any atom is -0.508 e. The fourth-order valence-electron chi connectivity index (χ4n) is 1.77. The van der Waals surface area contributed by atoms with Gasteiger partial charge in [0.15, 0.2) is 0 Å². The van der Waals surface area contributed by atoms with Crippen molar-refractivity contribution in [1.29, 1.82) is 0 Å². The van der Waals surface area contributed by atoms with Gasteiger partial charge in [-0.25, -0.2) is 5.43 Å². The van der Waals surface area contributed by atoms with Gasteiger partial charge in [0, 0.05) is 10.0 Å². The van der Waals surface area contributed by atoms with Crippen molar-refractivity contribution in [2.24, 2.45) is 5.10 Å². The predicted octanol–water partition coefficient (Wildman–Crippen LogP) is 4.08. The maximum absolute atomic E-state index is 11.8. The molecule has 2 aromatic rings. The zero-order valence-electron chi connectivity index (χ0n) is 11.6. The van der Waals surface area contributed by atoms with Gasteiger partial charge in [-0.2, -0.15) is 5.10 Å². The van der Waals surface area contributed by atoms with Crippen LogP contribution in [0, 0.1) is 0 Å². The molecule has 8 heteroatoms. The SMILES string of the molecule is O=C(Cc1cccc(O)c1)N/N=C/c1c(Br)cc(Br)c(O)c1Br. The molecule has 0 unspecified atom stereocenters. The summed E-state index contributed by atoms with van der Waals surface area (Å²) in [5, 5.41) is 23.1. The molecule has 23 heavy (non-hydrogen) atoms. The summed E-state index contributed by atoms with van der Waals surface area (Å²) in [5.74, 6) is -0.168. The van der Waals surface area contributed by atoms with Gasteiger partial charge >= 0.3 is 0 Å². The maximum Gasteiger partial charge on any atom is 0.244 e. The molecule has 0 atom stereocenters. The summed E-state index contributed by atoms with van der Waals surface area (Å²) in [4.78, 5) is 11.8. The van der Waals surface area contributed by atoms with Gasteiger partial charge in [0.25, 0.3) is 0 Å². The van der Waals surface area contributed by atoms with Gasteiger partial charge in [0.1, 0.15) is 11.5 Å². The fraction of sp³-hybridized carbons (Fsp3) is 0.0667. The van der Waals surface area contributed by atoms with Gasteiger partial charge in [-0.1, -0.05) is 28.1 Å². The third kappa shape index (κ3) is 4.79. The molecule has 0 aliphatic carbocycles. The molecule has 0 aliphatic heterocycles. The van der Waals surface area contributed by atoms with Crippen molar-refractivity contribution < 1.29 is 15.0 Å². The number of halogens is 3. The molecule has 120 valence electrons. The molecular weight excluding hydrogens is 496 g/mol. The molecule has 0 radical (unpaired) electrons. The van der Waals surface area contributed by atoms with Crippen LogP contribution in [-0.2, 0) is 11.2 Å². The second-order valence-electron chi connectivity index (χ2n) is 4.56. The lowest BCUT2D eigenvalue weighted by molar-refractivity contribution is -0.120. The summed E-state index contributed by atoms with van der Waals surface area (Å²) in [6, 6.07) is 8.14. The number of amides is 1. The van der Waals surface area contributed by atoms with Gasteiger partial charge in [-0.3, -0.25) is 4.79 Å². The highest BCUT2D eigenvalue weighted by atomic mass is 79.9. The Morgan fingerprint density at radius 2 is 1.91 bits per heavy atom. The van der Waals surface area contributed by atoms with E-state index >= 15 is 0 Å². The van der Waals surface area contributed by atoms with Crippen LogP contribution in [-0.4, -0.2) is 22.3 Å². The Balaban J connectivity index is 2.05. The van der Waals surface area contributed by atoms with Crippen molar-refractivity contribution >= 4 is 59.9 Å². The standard InChI is InChI=1S/C15H11Br3N2O3/c16-11-6-12(17)15(23)14(18)10(11)7-19-20-13(22)5-8-2-1-3-9(21)4-8/h1-4,6-7,21,23H,5H2,(H,20,22)/b19-7+. The number of benzene rings is 2. The van der Waals surface area contributed by atoms with E-state index in [-0.39, 0.29) is 23.8 Å². The topological polar surface area (TPSA) is 81.9 Å². The summed E-state index contributed by atoms with van der Waals surface area (Å²) in [7, 11) is 0. The number of nitrogens with zero attached hydrogens (tertiary/aromatic N) is 1. The molecule has 2 aromatic carbocycles. The van der Waals surface area contributed by atoms with E-state index < -0.39 is 0 Å². The van der Waals surface area contributed by atoms with Crippen LogP contribution in [0.2, 0.25) is 0 Å². The molecule has 0 saturated heterocycles. The minimum atomic E-state index is -0.319. The Kier molecular flexibility index (Phi) is 6.20. The Morgan fingerprint density at radius 1 is 1.17 bits per heavy atom. The van der Waals surface area contributed by atoms with Crippen LogP contribution in [0.25, 0.3) is 0 Å². The van der Waals surface area contributed by atoms with Crippen molar-refractivity contribution in [1.82, 2.24) is 5.43 Å². The second kappa shape index (κ2) is 7.94. The molecule has 0 fully saturated rings.